The highest BCUT2D eigenvalue weighted by molar-refractivity contribution is 5.90. The first-order valence-electron chi connectivity index (χ1n) is 6.59. The minimum absolute atomic E-state index is 0.309. The molecule has 0 saturated heterocycles. The van der Waals surface area contributed by atoms with Gasteiger partial charge in [-0.2, -0.15) is 5.10 Å². The quantitative estimate of drug-likeness (QED) is 0.775. The molecule has 0 bridgehead atoms. The van der Waals surface area contributed by atoms with Gasteiger partial charge in [-0.3, -0.25) is 4.68 Å². The van der Waals surface area contributed by atoms with E-state index in [-0.39, 0.29) is 5.97 Å². The molecular weight excluding hydrogens is 246 g/mol. The first-order chi connectivity index (χ1) is 9.15. The Morgan fingerprint density at radius 2 is 2.32 bits per heavy atom. The van der Waals surface area contributed by atoms with Crippen molar-refractivity contribution in [2.75, 3.05) is 13.7 Å². The van der Waals surface area contributed by atoms with E-state index in [0.717, 1.165) is 18.5 Å². The van der Waals surface area contributed by atoms with Gasteiger partial charge in [-0.1, -0.05) is 0 Å². The van der Waals surface area contributed by atoms with E-state index in [9.17, 15) is 4.79 Å². The summed E-state index contributed by atoms with van der Waals surface area (Å²) in [5, 5.41) is 7.54. The summed E-state index contributed by atoms with van der Waals surface area (Å²) in [6.07, 6.45) is 3.97. The van der Waals surface area contributed by atoms with E-state index >= 15 is 0 Å². The zero-order valence-corrected chi connectivity index (χ0v) is 11.7. The van der Waals surface area contributed by atoms with Crippen LogP contribution in [0.1, 0.15) is 35.8 Å². The van der Waals surface area contributed by atoms with Crippen LogP contribution in [0.3, 0.4) is 0 Å². The van der Waals surface area contributed by atoms with Gasteiger partial charge in [0, 0.05) is 26.7 Å². The summed E-state index contributed by atoms with van der Waals surface area (Å²) in [6.45, 7) is 2.79. The van der Waals surface area contributed by atoms with Crippen LogP contribution < -0.4 is 5.32 Å². The number of aromatic nitrogens is 2. The average Bonchev–Trinajstić information content (AvgIpc) is 2.70. The number of ether oxygens (including phenoxy) is 2. The van der Waals surface area contributed by atoms with Gasteiger partial charge in [0.15, 0.2) is 0 Å². The van der Waals surface area contributed by atoms with E-state index in [2.05, 4.69) is 10.4 Å². The van der Waals surface area contributed by atoms with Gasteiger partial charge in [-0.25, -0.2) is 4.79 Å². The maximum atomic E-state index is 11.8. The molecule has 0 unspecified atom stereocenters. The number of carbonyl (C=O) groups is 1. The van der Waals surface area contributed by atoms with Crippen LogP contribution in [-0.4, -0.2) is 41.6 Å². The number of nitrogens with zero attached hydrogens (tertiary/aromatic N) is 2. The standard InChI is InChI=1S/C13H21N3O3/c1-4-19-13(17)11-7-15-16(2)12(11)8-14-9-5-10(6-9)18-3/h7,9-10,14H,4-6,8H2,1-3H3. The summed E-state index contributed by atoms with van der Waals surface area (Å²) in [5.74, 6) is -0.309. The Bertz CT molecular complexity index is 438. The molecule has 0 aliphatic heterocycles. The molecule has 1 aromatic rings. The van der Waals surface area contributed by atoms with Gasteiger partial charge in [0.1, 0.15) is 5.56 Å². The second kappa shape index (κ2) is 6.16. The van der Waals surface area contributed by atoms with Gasteiger partial charge in [0.05, 0.1) is 24.6 Å². The third kappa shape index (κ3) is 3.13. The number of nitrogens with one attached hydrogen (secondary N) is 1. The van der Waals surface area contributed by atoms with Crippen LogP contribution in [0, 0.1) is 0 Å². The molecule has 1 fully saturated rings. The molecule has 1 aliphatic rings. The van der Waals surface area contributed by atoms with E-state index in [0.29, 0.717) is 30.9 Å². The maximum Gasteiger partial charge on any atom is 0.341 e. The zero-order chi connectivity index (χ0) is 13.8. The van der Waals surface area contributed by atoms with Crippen LogP contribution in [0.4, 0.5) is 0 Å². The third-order valence-corrected chi connectivity index (χ3v) is 3.54. The van der Waals surface area contributed by atoms with Gasteiger partial charge in [-0.15, -0.1) is 0 Å². The fourth-order valence-electron chi connectivity index (χ4n) is 2.22. The maximum absolute atomic E-state index is 11.8. The van der Waals surface area contributed by atoms with Crippen LogP contribution in [0.15, 0.2) is 6.20 Å². The molecule has 6 heteroatoms. The monoisotopic (exact) mass is 267 g/mol. The second-order valence-electron chi connectivity index (χ2n) is 4.76. The molecule has 2 rings (SSSR count). The van der Waals surface area contributed by atoms with Gasteiger partial charge < -0.3 is 14.8 Å². The Morgan fingerprint density at radius 1 is 1.58 bits per heavy atom. The Hall–Kier alpha value is -1.40. The van der Waals surface area contributed by atoms with Crippen molar-refractivity contribution in [1.82, 2.24) is 15.1 Å². The average molecular weight is 267 g/mol. The summed E-state index contributed by atoms with van der Waals surface area (Å²) in [5.41, 5.74) is 1.40. The Morgan fingerprint density at radius 3 is 2.95 bits per heavy atom. The van der Waals surface area contributed by atoms with Crippen molar-refractivity contribution < 1.29 is 14.3 Å². The summed E-state index contributed by atoms with van der Waals surface area (Å²) < 4.78 is 12.0. The lowest BCUT2D eigenvalue weighted by atomic mass is 9.89. The van der Waals surface area contributed by atoms with Crippen LogP contribution in [-0.2, 0) is 23.1 Å². The molecule has 106 valence electrons. The van der Waals surface area contributed by atoms with E-state index in [1.54, 1.807) is 24.9 Å². The van der Waals surface area contributed by atoms with Gasteiger partial charge in [0.25, 0.3) is 0 Å². The van der Waals surface area contributed by atoms with E-state index in [1.165, 1.54) is 0 Å². The van der Waals surface area contributed by atoms with Crippen molar-refractivity contribution in [2.45, 2.75) is 38.5 Å². The summed E-state index contributed by atoms with van der Waals surface area (Å²) in [4.78, 5) is 11.8. The highest BCUT2D eigenvalue weighted by Crippen LogP contribution is 2.23. The van der Waals surface area contributed by atoms with Crippen LogP contribution in [0.5, 0.6) is 0 Å². The van der Waals surface area contributed by atoms with Crippen LogP contribution in [0.25, 0.3) is 0 Å². The fourth-order valence-corrected chi connectivity index (χ4v) is 2.22. The van der Waals surface area contributed by atoms with Crippen molar-refractivity contribution in [3.8, 4) is 0 Å². The molecule has 1 aliphatic carbocycles. The normalized spacial score (nSPS) is 22.1. The number of carbonyl (C=O) groups excluding carboxylic acids is 1. The lowest BCUT2D eigenvalue weighted by molar-refractivity contribution is 0.0167. The van der Waals surface area contributed by atoms with Gasteiger partial charge >= 0.3 is 5.97 Å². The number of aryl methyl sites for hydroxylation is 1. The second-order valence-corrected chi connectivity index (χ2v) is 4.76. The number of hydrogen-bond donors (Lipinski definition) is 1. The van der Waals surface area contributed by atoms with E-state index < -0.39 is 0 Å². The van der Waals surface area contributed by atoms with E-state index in [4.69, 9.17) is 9.47 Å². The number of methoxy groups -OCH3 is 1. The Kier molecular flexibility index (Phi) is 4.55. The lowest BCUT2D eigenvalue weighted by Crippen LogP contribution is -2.45. The Labute approximate surface area is 113 Å². The molecule has 0 radical (unpaired) electrons. The lowest BCUT2D eigenvalue weighted by Gasteiger charge is -2.34. The summed E-state index contributed by atoms with van der Waals surface area (Å²) in [6, 6.07) is 0.454. The van der Waals surface area contributed by atoms with Gasteiger partial charge in [-0.05, 0) is 19.8 Å². The predicted molar refractivity (Wildman–Crippen MR) is 69.8 cm³/mol. The van der Waals surface area contributed by atoms with Gasteiger partial charge in [0.2, 0.25) is 0 Å². The van der Waals surface area contributed by atoms with Crippen molar-refractivity contribution in [1.29, 1.82) is 0 Å². The number of esters is 1. The topological polar surface area (TPSA) is 65.4 Å². The highest BCUT2D eigenvalue weighted by Gasteiger charge is 2.29. The summed E-state index contributed by atoms with van der Waals surface area (Å²) in [7, 11) is 3.57. The van der Waals surface area contributed by atoms with Crippen molar-refractivity contribution in [3.05, 3.63) is 17.5 Å². The van der Waals surface area contributed by atoms with Crippen molar-refractivity contribution in [3.63, 3.8) is 0 Å². The van der Waals surface area contributed by atoms with Crippen LogP contribution >= 0.6 is 0 Å². The van der Waals surface area contributed by atoms with E-state index in [1.807, 2.05) is 7.05 Å². The molecule has 0 amide bonds. The molecule has 0 atom stereocenters. The molecule has 19 heavy (non-hydrogen) atoms. The summed E-state index contributed by atoms with van der Waals surface area (Å²) >= 11 is 0. The molecule has 1 heterocycles. The minimum atomic E-state index is -0.309. The first kappa shape index (κ1) is 14.0. The molecule has 1 aromatic heterocycles. The molecule has 0 spiro atoms. The van der Waals surface area contributed by atoms with Crippen LogP contribution in [0.2, 0.25) is 0 Å². The molecule has 1 saturated carbocycles. The predicted octanol–water partition coefficient (Wildman–Crippen LogP) is 0.864. The highest BCUT2D eigenvalue weighted by atomic mass is 16.5. The third-order valence-electron chi connectivity index (χ3n) is 3.54. The number of hydrogen-bond acceptors (Lipinski definition) is 5. The number of rotatable bonds is 6. The minimum Gasteiger partial charge on any atom is -0.462 e. The largest absolute Gasteiger partial charge is 0.462 e. The smallest absolute Gasteiger partial charge is 0.341 e. The fraction of sp³-hybridized carbons (Fsp3) is 0.692. The van der Waals surface area contributed by atoms with Crippen molar-refractivity contribution >= 4 is 5.97 Å². The molecule has 0 aromatic carbocycles. The molecular formula is C13H21N3O3. The van der Waals surface area contributed by atoms with Crippen molar-refractivity contribution in [2.24, 2.45) is 7.05 Å². The molecule has 6 nitrogen and oxygen atoms in total. The Balaban J connectivity index is 1.92. The SMILES string of the molecule is CCOC(=O)c1cnn(C)c1CNC1CC(OC)C1. The zero-order valence-electron chi connectivity index (χ0n) is 11.7. The first-order valence-corrected chi connectivity index (χ1v) is 6.59. The molecule has 1 N–H and O–H groups in total.